The van der Waals surface area contributed by atoms with Crippen molar-refractivity contribution in [3.63, 3.8) is 0 Å². The topological polar surface area (TPSA) is 24.9 Å². The summed E-state index contributed by atoms with van der Waals surface area (Å²) >= 11 is 3.74. The van der Waals surface area contributed by atoms with Crippen molar-refractivity contribution in [2.75, 3.05) is 6.54 Å². The van der Waals surface area contributed by atoms with E-state index in [0.717, 1.165) is 12.3 Å². The minimum atomic E-state index is 0.383. The molecule has 92 valence electrons. The van der Waals surface area contributed by atoms with Gasteiger partial charge in [-0.15, -0.1) is 11.3 Å². The van der Waals surface area contributed by atoms with Crippen molar-refractivity contribution in [1.29, 1.82) is 0 Å². The first-order valence-corrected chi connectivity index (χ1v) is 7.85. The van der Waals surface area contributed by atoms with E-state index < -0.39 is 0 Å². The standard InChI is InChI=1S/C12H22N2S2/c1-5-6-13-10(4)11-7-16-12(14-11)8-15-9(2)3/h7,9-10,13H,5-6,8H2,1-4H3. The molecule has 1 N–H and O–H groups in total. The van der Waals surface area contributed by atoms with Gasteiger partial charge in [0.05, 0.1) is 5.69 Å². The van der Waals surface area contributed by atoms with E-state index in [2.05, 4.69) is 43.4 Å². The van der Waals surface area contributed by atoms with Gasteiger partial charge in [0.15, 0.2) is 0 Å². The van der Waals surface area contributed by atoms with E-state index >= 15 is 0 Å². The second-order valence-electron chi connectivity index (χ2n) is 4.20. The van der Waals surface area contributed by atoms with Crippen LogP contribution in [0.25, 0.3) is 0 Å². The lowest BCUT2D eigenvalue weighted by Crippen LogP contribution is -2.19. The Bertz CT molecular complexity index is 297. The van der Waals surface area contributed by atoms with Gasteiger partial charge in [0.25, 0.3) is 0 Å². The van der Waals surface area contributed by atoms with Gasteiger partial charge in [-0.25, -0.2) is 4.98 Å². The van der Waals surface area contributed by atoms with Crippen LogP contribution in [-0.2, 0) is 5.75 Å². The molecule has 0 aliphatic carbocycles. The molecule has 1 heterocycles. The summed E-state index contributed by atoms with van der Waals surface area (Å²) in [6.07, 6.45) is 1.17. The fourth-order valence-corrected chi connectivity index (χ4v) is 2.98. The molecular formula is C12H22N2S2. The fraction of sp³-hybridized carbons (Fsp3) is 0.750. The summed E-state index contributed by atoms with van der Waals surface area (Å²) in [5.41, 5.74) is 1.19. The number of nitrogens with one attached hydrogen (secondary N) is 1. The number of rotatable bonds is 7. The van der Waals surface area contributed by atoms with Gasteiger partial charge in [-0.3, -0.25) is 0 Å². The molecule has 16 heavy (non-hydrogen) atoms. The molecule has 0 spiro atoms. The Labute approximate surface area is 107 Å². The Balaban J connectivity index is 2.43. The molecule has 0 saturated heterocycles. The van der Waals surface area contributed by atoms with E-state index in [1.54, 1.807) is 11.3 Å². The zero-order valence-electron chi connectivity index (χ0n) is 10.6. The summed E-state index contributed by atoms with van der Waals surface area (Å²) in [7, 11) is 0. The Morgan fingerprint density at radius 1 is 1.44 bits per heavy atom. The largest absolute Gasteiger partial charge is 0.309 e. The van der Waals surface area contributed by atoms with Crippen molar-refractivity contribution in [2.24, 2.45) is 0 Å². The molecule has 0 aliphatic rings. The van der Waals surface area contributed by atoms with E-state index in [0.29, 0.717) is 11.3 Å². The summed E-state index contributed by atoms with van der Waals surface area (Å²) in [5, 5.41) is 7.58. The SMILES string of the molecule is CCCNC(C)c1csc(CSC(C)C)n1. The van der Waals surface area contributed by atoms with Crippen LogP contribution in [0.3, 0.4) is 0 Å². The van der Waals surface area contributed by atoms with Crippen LogP contribution in [0.15, 0.2) is 5.38 Å². The Kier molecular flexibility index (Phi) is 6.39. The van der Waals surface area contributed by atoms with E-state index in [1.165, 1.54) is 17.1 Å². The Morgan fingerprint density at radius 3 is 2.81 bits per heavy atom. The van der Waals surface area contributed by atoms with Crippen molar-refractivity contribution >= 4 is 23.1 Å². The molecule has 0 fully saturated rings. The third-order valence-electron chi connectivity index (χ3n) is 2.25. The summed E-state index contributed by atoms with van der Waals surface area (Å²) < 4.78 is 0. The molecule has 1 aromatic heterocycles. The molecular weight excluding hydrogens is 236 g/mol. The molecule has 1 aromatic rings. The maximum atomic E-state index is 4.67. The Morgan fingerprint density at radius 2 is 2.19 bits per heavy atom. The molecule has 0 aliphatic heterocycles. The van der Waals surface area contributed by atoms with E-state index in [-0.39, 0.29) is 0 Å². The molecule has 1 atom stereocenters. The molecule has 4 heteroatoms. The van der Waals surface area contributed by atoms with Crippen LogP contribution in [0.4, 0.5) is 0 Å². The molecule has 2 nitrogen and oxygen atoms in total. The monoisotopic (exact) mass is 258 g/mol. The van der Waals surface area contributed by atoms with Gasteiger partial charge in [0.1, 0.15) is 5.01 Å². The van der Waals surface area contributed by atoms with Gasteiger partial charge in [-0.1, -0.05) is 20.8 Å². The lowest BCUT2D eigenvalue weighted by molar-refractivity contribution is 0.560. The van der Waals surface area contributed by atoms with Crippen molar-refractivity contribution in [2.45, 2.75) is 51.2 Å². The van der Waals surface area contributed by atoms with Crippen LogP contribution in [-0.4, -0.2) is 16.8 Å². The second kappa shape index (κ2) is 7.30. The van der Waals surface area contributed by atoms with Gasteiger partial charge >= 0.3 is 0 Å². The summed E-state index contributed by atoms with van der Waals surface area (Å²) in [6, 6.07) is 0.383. The van der Waals surface area contributed by atoms with Crippen molar-refractivity contribution < 1.29 is 0 Å². The van der Waals surface area contributed by atoms with Gasteiger partial charge < -0.3 is 5.32 Å². The zero-order valence-corrected chi connectivity index (χ0v) is 12.3. The van der Waals surface area contributed by atoms with E-state index in [9.17, 15) is 0 Å². The Hall–Kier alpha value is -0.0600. The van der Waals surface area contributed by atoms with Gasteiger partial charge in [0.2, 0.25) is 0 Å². The van der Waals surface area contributed by atoms with E-state index in [1.807, 2.05) is 11.8 Å². The van der Waals surface area contributed by atoms with Gasteiger partial charge in [-0.2, -0.15) is 11.8 Å². The van der Waals surface area contributed by atoms with Crippen LogP contribution < -0.4 is 5.32 Å². The molecule has 0 saturated carbocycles. The fourth-order valence-electron chi connectivity index (χ4n) is 1.29. The van der Waals surface area contributed by atoms with Crippen molar-refractivity contribution in [1.82, 2.24) is 10.3 Å². The van der Waals surface area contributed by atoms with Gasteiger partial charge in [0, 0.05) is 17.2 Å². The van der Waals surface area contributed by atoms with Crippen LogP contribution in [0.2, 0.25) is 0 Å². The minimum Gasteiger partial charge on any atom is -0.309 e. The van der Waals surface area contributed by atoms with Crippen LogP contribution in [0.1, 0.15) is 50.9 Å². The smallest absolute Gasteiger partial charge is 0.103 e. The van der Waals surface area contributed by atoms with Gasteiger partial charge in [-0.05, 0) is 25.1 Å². The summed E-state index contributed by atoms with van der Waals surface area (Å²) in [4.78, 5) is 4.67. The second-order valence-corrected chi connectivity index (χ2v) is 6.71. The maximum Gasteiger partial charge on any atom is 0.103 e. The normalized spacial score (nSPS) is 13.3. The predicted molar refractivity (Wildman–Crippen MR) is 75.3 cm³/mol. The number of thioether (sulfide) groups is 1. The number of nitrogens with zero attached hydrogens (tertiary/aromatic N) is 1. The summed E-state index contributed by atoms with van der Waals surface area (Å²) in [5.74, 6) is 1.04. The third kappa shape index (κ3) is 4.85. The van der Waals surface area contributed by atoms with Crippen LogP contribution >= 0.6 is 23.1 Å². The lowest BCUT2D eigenvalue weighted by Gasteiger charge is -2.09. The molecule has 0 radical (unpaired) electrons. The van der Waals surface area contributed by atoms with E-state index in [4.69, 9.17) is 0 Å². The quantitative estimate of drug-likeness (QED) is 0.804. The first-order chi connectivity index (χ1) is 7.63. The molecule has 0 aromatic carbocycles. The highest BCUT2D eigenvalue weighted by Crippen LogP contribution is 2.22. The van der Waals surface area contributed by atoms with Crippen molar-refractivity contribution in [3.8, 4) is 0 Å². The predicted octanol–water partition coefficient (Wildman–Crippen LogP) is 3.85. The number of hydrogen-bond acceptors (Lipinski definition) is 4. The highest BCUT2D eigenvalue weighted by Gasteiger charge is 2.09. The first kappa shape index (κ1) is 14.0. The number of hydrogen-bond donors (Lipinski definition) is 1. The number of thiazole rings is 1. The third-order valence-corrected chi connectivity index (χ3v) is 4.41. The first-order valence-electron chi connectivity index (χ1n) is 5.92. The van der Waals surface area contributed by atoms with Crippen LogP contribution in [0, 0.1) is 0 Å². The minimum absolute atomic E-state index is 0.383. The average Bonchev–Trinajstić information content (AvgIpc) is 2.71. The highest BCUT2D eigenvalue weighted by atomic mass is 32.2. The van der Waals surface area contributed by atoms with Crippen LogP contribution in [0.5, 0.6) is 0 Å². The molecule has 1 rings (SSSR count). The number of aromatic nitrogens is 1. The lowest BCUT2D eigenvalue weighted by atomic mass is 10.2. The highest BCUT2D eigenvalue weighted by molar-refractivity contribution is 7.99. The molecule has 1 unspecified atom stereocenters. The molecule has 0 amide bonds. The average molecular weight is 258 g/mol. The van der Waals surface area contributed by atoms with Crippen molar-refractivity contribution in [3.05, 3.63) is 16.1 Å². The molecule has 0 bridgehead atoms. The maximum absolute atomic E-state index is 4.67. The summed E-state index contributed by atoms with van der Waals surface area (Å²) in [6.45, 7) is 9.89. The zero-order chi connectivity index (χ0) is 12.0.